The van der Waals surface area contributed by atoms with Crippen LogP contribution in [0.1, 0.15) is 29.2 Å². The topological polar surface area (TPSA) is 83.8 Å². The number of hydrogen-bond acceptors (Lipinski definition) is 5. The molecule has 2 aliphatic rings. The van der Waals surface area contributed by atoms with Gasteiger partial charge in [-0.2, -0.15) is 4.39 Å². The lowest BCUT2D eigenvalue weighted by Crippen LogP contribution is -2.44. The summed E-state index contributed by atoms with van der Waals surface area (Å²) >= 11 is 0. The lowest BCUT2D eigenvalue weighted by Gasteiger charge is -2.32. The fraction of sp³-hybridized carbons (Fsp3) is 0.444. The molecule has 1 aromatic carbocycles. The minimum atomic E-state index is -1.81. The number of pyridine rings is 1. The Hall–Kier alpha value is -2.25. The van der Waals surface area contributed by atoms with Crippen LogP contribution in [-0.2, 0) is 0 Å². The van der Waals surface area contributed by atoms with Gasteiger partial charge in [-0.05, 0) is 18.9 Å². The molecule has 2 fully saturated rings. The van der Waals surface area contributed by atoms with Crippen LogP contribution in [0.15, 0.2) is 17.1 Å². The highest BCUT2D eigenvalue weighted by Crippen LogP contribution is 2.44. The van der Waals surface area contributed by atoms with E-state index < -0.39 is 28.9 Å². The summed E-state index contributed by atoms with van der Waals surface area (Å²) in [6.45, 7) is 2.25. The van der Waals surface area contributed by atoms with Gasteiger partial charge in [0.15, 0.2) is 11.6 Å². The van der Waals surface area contributed by atoms with Crippen molar-refractivity contribution in [3.05, 3.63) is 33.9 Å². The van der Waals surface area contributed by atoms with Crippen molar-refractivity contribution >= 4 is 31.8 Å². The van der Waals surface area contributed by atoms with Crippen molar-refractivity contribution in [2.75, 3.05) is 31.1 Å². The Morgan fingerprint density at radius 1 is 1.36 bits per heavy atom. The van der Waals surface area contributed by atoms with Crippen LogP contribution in [-0.4, -0.2) is 47.9 Å². The third kappa shape index (κ3) is 3.33. The number of fused-ring (bicyclic) bond motifs is 1. The van der Waals surface area contributed by atoms with E-state index in [-0.39, 0.29) is 28.4 Å². The van der Waals surface area contributed by atoms with E-state index in [2.05, 4.69) is 5.32 Å². The highest BCUT2D eigenvalue weighted by molar-refractivity contribution is 7.16. The largest absolute Gasteiger partial charge is 0.477 e. The van der Waals surface area contributed by atoms with Gasteiger partial charge in [-0.15, -0.1) is 0 Å². The van der Waals surface area contributed by atoms with Gasteiger partial charge in [0.1, 0.15) is 11.3 Å². The number of alkyl halides is 1. The number of rotatable bonds is 5. The molecular weight excluding hydrogens is 391 g/mol. The number of piperazine rings is 1. The molecule has 0 spiro atoms. The van der Waals surface area contributed by atoms with Crippen LogP contribution in [0, 0.1) is 5.82 Å². The van der Waals surface area contributed by atoms with E-state index in [9.17, 15) is 19.1 Å². The molecule has 0 amide bonds. The lowest BCUT2D eigenvalue weighted by molar-refractivity contribution is 0.0694. The molecule has 2 heterocycles. The second-order valence-electron chi connectivity index (χ2n) is 6.95. The van der Waals surface area contributed by atoms with Gasteiger partial charge in [0.05, 0.1) is 10.9 Å². The zero-order valence-electron chi connectivity index (χ0n) is 15.0. The molecule has 1 aliphatic heterocycles. The fourth-order valence-corrected chi connectivity index (χ4v) is 3.78. The first-order valence-corrected chi connectivity index (χ1v) is 9.71. The number of nitrogens with zero attached hydrogens (tertiary/aromatic N) is 2. The first-order chi connectivity index (χ1) is 13.4. The molecule has 2 unspecified atom stereocenters. The number of carboxylic acids is 1. The van der Waals surface area contributed by atoms with Gasteiger partial charge in [0.25, 0.3) is 0 Å². The summed E-state index contributed by atoms with van der Waals surface area (Å²) < 4.78 is 35.9. The number of ether oxygens (including phenoxy) is 1. The van der Waals surface area contributed by atoms with Gasteiger partial charge in [-0.3, -0.25) is 4.79 Å². The maximum atomic E-state index is 15.1. The van der Waals surface area contributed by atoms with E-state index in [1.54, 1.807) is 9.47 Å². The van der Waals surface area contributed by atoms with Crippen LogP contribution < -0.4 is 20.4 Å². The molecule has 1 saturated heterocycles. The molecule has 28 heavy (non-hydrogen) atoms. The molecule has 0 radical (unpaired) electrons. The predicted molar refractivity (Wildman–Crippen MR) is 104 cm³/mol. The average molecular weight is 411 g/mol. The number of benzene rings is 1. The number of anilines is 1. The minimum Gasteiger partial charge on any atom is -0.477 e. The van der Waals surface area contributed by atoms with Gasteiger partial charge in [0, 0.05) is 38.4 Å². The van der Waals surface area contributed by atoms with E-state index in [1.165, 1.54) is 6.20 Å². The van der Waals surface area contributed by atoms with Crippen molar-refractivity contribution in [2.24, 2.45) is 0 Å². The van der Waals surface area contributed by atoms with Gasteiger partial charge >= 0.3 is 5.97 Å². The normalized spacial score (nSPS) is 18.3. The van der Waals surface area contributed by atoms with Crippen LogP contribution in [0.4, 0.5) is 14.5 Å². The Morgan fingerprint density at radius 3 is 2.61 bits per heavy atom. The van der Waals surface area contributed by atoms with E-state index >= 15 is 4.39 Å². The zero-order valence-corrected chi connectivity index (χ0v) is 16.1. The van der Waals surface area contributed by atoms with Crippen LogP contribution in [0.25, 0.3) is 10.9 Å². The molecule has 1 aromatic heterocycles. The Kier molecular flexibility index (Phi) is 4.97. The van der Waals surface area contributed by atoms with Crippen LogP contribution in [0.2, 0.25) is 0 Å². The number of aromatic nitrogens is 1. The second kappa shape index (κ2) is 7.29. The van der Waals surface area contributed by atoms with Gasteiger partial charge in [-0.25, -0.2) is 9.18 Å². The molecule has 10 heteroatoms. The van der Waals surface area contributed by atoms with Crippen molar-refractivity contribution in [1.29, 1.82) is 0 Å². The fourth-order valence-electron chi connectivity index (χ4n) is 3.64. The highest BCUT2D eigenvalue weighted by atomic mass is 31.0. The third-order valence-corrected chi connectivity index (χ3v) is 5.17. The summed E-state index contributed by atoms with van der Waals surface area (Å²) in [6.07, 6.45) is 1.02. The number of aromatic carboxylic acids is 1. The molecule has 2 N–H and O–H groups in total. The number of hydrogen-bond donors (Lipinski definition) is 2. The maximum absolute atomic E-state index is 15.1. The van der Waals surface area contributed by atoms with Crippen molar-refractivity contribution < 1.29 is 23.4 Å². The molecular formula is C18H20F2N3O4P. The Labute approximate surface area is 161 Å². The maximum Gasteiger partial charge on any atom is 0.341 e. The Balaban J connectivity index is 2.06. The average Bonchev–Trinajstić information content (AvgIpc) is 3.47. The van der Waals surface area contributed by atoms with Gasteiger partial charge < -0.3 is 24.6 Å². The summed E-state index contributed by atoms with van der Waals surface area (Å²) in [5.41, 5.74) is -0.926. The highest BCUT2D eigenvalue weighted by Gasteiger charge is 2.32. The Bertz CT molecular complexity index is 1000. The second-order valence-corrected chi connectivity index (χ2v) is 7.48. The predicted octanol–water partition coefficient (Wildman–Crippen LogP) is 2.09. The van der Waals surface area contributed by atoms with E-state index in [0.29, 0.717) is 26.2 Å². The van der Waals surface area contributed by atoms with Crippen molar-refractivity contribution in [3.8, 4) is 5.75 Å². The van der Waals surface area contributed by atoms with Crippen LogP contribution >= 0.6 is 9.24 Å². The molecule has 2 atom stereocenters. The number of carboxylic acid groups (broad SMARTS) is 1. The Morgan fingerprint density at radius 2 is 2.04 bits per heavy atom. The minimum absolute atomic E-state index is 0.0348. The van der Waals surface area contributed by atoms with Crippen LogP contribution in [0.5, 0.6) is 5.75 Å². The van der Waals surface area contributed by atoms with Crippen molar-refractivity contribution in [2.45, 2.75) is 25.0 Å². The molecule has 150 valence electrons. The third-order valence-electron chi connectivity index (χ3n) is 5.03. The number of halogens is 2. The van der Waals surface area contributed by atoms with Gasteiger partial charge in [-0.1, -0.05) is 9.24 Å². The molecule has 1 aliphatic carbocycles. The molecule has 7 nitrogen and oxygen atoms in total. The summed E-state index contributed by atoms with van der Waals surface area (Å²) in [7, 11) is 1.85. The van der Waals surface area contributed by atoms with Crippen molar-refractivity contribution in [3.63, 3.8) is 0 Å². The van der Waals surface area contributed by atoms with E-state index in [0.717, 1.165) is 18.9 Å². The molecule has 2 aromatic rings. The monoisotopic (exact) mass is 411 g/mol. The van der Waals surface area contributed by atoms with Crippen LogP contribution in [0.3, 0.4) is 0 Å². The SMILES string of the molecule is O=C(O)c1cn(C2CC2)c2c(OC(F)P)c(N3CCNCC3)c(F)cc2c1=O. The van der Waals surface area contributed by atoms with E-state index in [4.69, 9.17) is 4.74 Å². The zero-order chi connectivity index (χ0) is 20.0. The first-order valence-electron chi connectivity index (χ1n) is 9.05. The quantitative estimate of drug-likeness (QED) is 0.734. The summed E-state index contributed by atoms with van der Waals surface area (Å²) in [5, 5.41) is 12.4. The summed E-state index contributed by atoms with van der Waals surface area (Å²) in [4.78, 5) is 26.0. The summed E-state index contributed by atoms with van der Waals surface area (Å²) in [6, 6.07) is 1.01. The lowest BCUT2D eigenvalue weighted by atomic mass is 10.1. The van der Waals surface area contributed by atoms with E-state index in [1.807, 2.05) is 9.24 Å². The molecule has 4 rings (SSSR count). The summed E-state index contributed by atoms with van der Waals surface area (Å²) in [5.74, 6) is -2.19. The number of carbonyl (C=O) groups is 1. The number of nitrogens with one attached hydrogen (secondary N) is 1. The molecule has 1 saturated carbocycles. The molecule has 0 bridgehead atoms. The van der Waals surface area contributed by atoms with Gasteiger partial charge in [0.2, 0.25) is 11.5 Å². The smallest absolute Gasteiger partial charge is 0.341 e. The standard InChI is InChI=1S/C18H20F2N3O4P/c19-12-7-10-13(23(9-1-2-9)8-11(15(10)24)17(25)26)16(27-18(20)28)14(12)22-5-3-21-4-6-22/h7-9,18,21H,1-6,28H2,(H,25,26). The first kappa shape index (κ1) is 19.1. The van der Waals surface area contributed by atoms with Crippen molar-refractivity contribution in [1.82, 2.24) is 9.88 Å².